The first kappa shape index (κ1) is 60.3. The number of ether oxygens (including phenoxy) is 8. The third kappa shape index (κ3) is 15.4. The Kier molecular flexibility index (Phi) is 22.4. The summed E-state index contributed by atoms with van der Waals surface area (Å²) in [5.41, 5.74) is 6.73. The first-order valence-corrected chi connectivity index (χ1v) is 28.7. The number of halogens is 2. The molecule has 2 unspecified atom stereocenters. The molecular formula is C55H66Cl2N10O11S2. The molecule has 0 saturated heterocycles. The maximum atomic E-state index is 13.6. The molecule has 2 atom stereocenters. The van der Waals surface area contributed by atoms with Gasteiger partial charge in [-0.25, -0.2) is 0 Å². The molecule has 2 N–H and O–H groups in total. The van der Waals surface area contributed by atoms with E-state index in [4.69, 9.17) is 71.1 Å². The number of nitrogens with zero attached hydrogens (tertiary/aromatic N) is 8. The Bertz CT molecular complexity index is 3120. The summed E-state index contributed by atoms with van der Waals surface area (Å²) in [5, 5.41) is 26.4. The van der Waals surface area contributed by atoms with Gasteiger partial charge in [0.05, 0.1) is 129 Å². The van der Waals surface area contributed by atoms with Gasteiger partial charge in [0, 0.05) is 50.3 Å². The zero-order chi connectivity index (χ0) is 56.5. The number of nitrogens with one attached hydrogen (secondary N) is 2. The number of rotatable bonds is 31. The molecule has 0 radical (unpaired) electrons. The molecule has 0 fully saturated rings. The van der Waals surface area contributed by atoms with Gasteiger partial charge in [-0.2, -0.15) is 0 Å². The van der Waals surface area contributed by atoms with Crippen LogP contribution >= 0.6 is 45.9 Å². The van der Waals surface area contributed by atoms with Gasteiger partial charge in [-0.15, -0.1) is 43.1 Å². The number of carbonyl (C=O) groups excluding carboxylic acids is 3. The highest BCUT2D eigenvalue weighted by Gasteiger charge is 2.35. The first-order valence-electron chi connectivity index (χ1n) is 26.3. The molecule has 0 saturated carbocycles. The van der Waals surface area contributed by atoms with Gasteiger partial charge in [0.15, 0.2) is 11.6 Å². The number of aliphatic imine (C=N–C) groups is 2. The quantitative estimate of drug-likeness (QED) is 0.0323. The fourth-order valence-corrected chi connectivity index (χ4v) is 11.6. The van der Waals surface area contributed by atoms with Gasteiger partial charge in [-0.3, -0.25) is 33.5 Å². The molecule has 4 aromatic heterocycles. The minimum absolute atomic E-state index is 0.0346. The van der Waals surface area contributed by atoms with Crippen LogP contribution < -0.4 is 10.6 Å². The normalized spacial score (nSPS) is 14.6. The molecule has 0 bridgehead atoms. The van der Waals surface area contributed by atoms with Crippen LogP contribution in [0.2, 0.25) is 10.0 Å². The number of aromatic nitrogens is 6. The summed E-state index contributed by atoms with van der Waals surface area (Å²) in [7, 11) is 1.33. The lowest BCUT2D eigenvalue weighted by Gasteiger charge is -2.13. The molecule has 2 aliphatic heterocycles. The van der Waals surface area contributed by atoms with Gasteiger partial charge in [-0.1, -0.05) is 47.5 Å². The van der Waals surface area contributed by atoms with Crippen molar-refractivity contribution in [3.8, 4) is 10.0 Å². The Morgan fingerprint density at radius 1 is 0.525 bits per heavy atom. The number of carbonyl (C=O) groups is 3. The van der Waals surface area contributed by atoms with E-state index in [9.17, 15) is 14.4 Å². The summed E-state index contributed by atoms with van der Waals surface area (Å²) in [6, 6.07) is 13.7. The number of esters is 1. The van der Waals surface area contributed by atoms with Crippen molar-refractivity contribution >= 4 is 75.1 Å². The van der Waals surface area contributed by atoms with Crippen molar-refractivity contribution in [2.45, 2.75) is 59.5 Å². The highest BCUT2D eigenvalue weighted by atomic mass is 35.5. The van der Waals surface area contributed by atoms with Gasteiger partial charge in [0.25, 0.3) is 5.91 Å². The minimum atomic E-state index is -0.667. The molecule has 0 aliphatic carbocycles. The molecule has 21 nitrogen and oxygen atoms in total. The van der Waals surface area contributed by atoms with Crippen molar-refractivity contribution in [2.75, 3.05) is 113 Å². The molecule has 6 heterocycles. The summed E-state index contributed by atoms with van der Waals surface area (Å²) in [6.45, 7) is 15.9. The summed E-state index contributed by atoms with van der Waals surface area (Å²) in [5.74, 6) is 1.59. The highest BCUT2D eigenvalue weighted by Crippen LogP contribution is 2.42. The predicted octanol–water partition coefficient (Wildman–Crippen LogP) is 7.22. The summed E-state index contributed by atoms with van der Waals surface area (Å²) in [6.07, 6.45) is 0.0617. The average Bonchev–Trinajstić information content (AvgIpc) is 4.31. The number of benzene rings is 2. The van der Waals surface area contributed by atoms with Gasteiger partial charge < -0.3 is 48.5 Å². The Balaban J connectivity index is 0.619. The van der Waals surface area contributed by atoms with Crippen LogP contribution in [0, 0.1) is 34.6 Å². The van der Waals surface area contributed by atoms with E-state index in [2.05, 4.69) is 44.9 Å². The van der Waals surface area contributed by atoms with E-state index in [-0.39, 0.29) is 24.7 Å². The lowest BCUT2D eigenvalue weighted by Crippen LogP contribution is -2.29. The third-order valence-electron chi connectivity index (χ3n) is 13.0. The minimum Gasteiger partial charge on any atom is -0.469 e. The van der Waals surface area contributed by atoms with E-state index in [1.54, 1.807) is 23.5 Å². The fourth-order valence-electron chi connectivity index (χ4n) is 8.86. The molecule has 2 amide bonds. The number of hydrogen-bond donors (Lipinski definition) is 2. The largest absolute Gasteiger partial charge is 0.469 e. The van der Waals surface area contributed by atoms with Crippen molar-refractivity contribution in [3.05, 3.63) is 125 Å². The second-order valence-electron chi connectivity index (χ2n) is 18.5. The maximum absolute atomic E-state index is 13.6. The molecule has 2 aliphatic rings. The van der Waals surface area contributed by atoms with Crippen LogP contribution in [0.15, 0.2) is 58.5 Å². The number of fused-ring (bicyclic) bond motifs is 6. The molecule has 428 valence electrons. The van der Waals surface area contributed by atoms with Crippen molar-refractivity contribution in [3.63, 3.8) is 0 Å². The molecule has 80 heavy (non-hydrogen) atoms. The summed E-state index contributed by atoms with van der Waals surface area (Å²) < 4.78 is 48.3. The second-order valence-corrected chi connectivity index (χ2v) is 21.5. The Morgan fingerprint density at radius 3 is 1.38 bits per heavy atom. The van der Waals surface area contributed by atoms with Crippen molar-refractivity contribution in [1.82, 2.24) is 40.2 Å². The molecule has 0 spiro atoms. The van der Waals surface area contributed by atoms with Crippen molar-refractivity contribution in [2.24, 2.45) is 9.98 Å². The van der Waals surface area contributed by atoms with Crippen LogP contribution in [0.3, 0.4) is 0 Å². The van der Waals surface area contributed by atoms with E-state index < -0.39 is 18.1 Å². The first-order chi connectivity index (χ1) is 38.8. The third-order valence-corrected chi connectivity index (χ3v) is 16.0. The van der Waals surface area contributed by atoms with Gasteiger partial charge in [-0.05, 0) is 70.0 Å². The Hall–Kier alpha value is -5.83. The number of thiophene rings is 2. The van der Waals surface area contributed by atoms with Gasteiger partial charge >= 0.3 is 5.97 Å². The average molecular weight is 1180 g/mol. The van der Waals surface area contributed by atoms with Crippen LogP contribution in [0.25, 0.3) is 10.0 Å². The monoisotopic (exact) mass is 1180 g/mol. The van der Waals surface area contributed by atoms with Crippen molar-refractivity contribution in [1.29, 1.82) is 0 Å². The van der Waals surface area contributed by atoms with E-state index >= 15 is 0 Å². The SMILES string of the molecule is COC(=O)CC1N=C(c2ccc(Cl)cc2)c2c(sc(C(=O)NCCOCCOCCOCCOCCOCCOCCOCCNC(=O)CC3N=C(c4ccc(Cl)cc4)c4c(sc(C)c4C)-n4c(C)nnc43)c2C)-n2c(C)nnc21. The highest BCUT2D eigenvalue weighted by molar-refractivity contribution is 7.17. The lowest BCUT2D eigenvalue weighted by atomic mass is 9.99. The van der Waals surface area contributed by atoms with Crippen LogP contribution in [-0.2, 0) is 47.5 Å². The van der Waals surface area contributed by atoms with E-state index in [0.717, 1.165) is 54.9 Å². The second kappa shape index (κ2) is 29.8. The molecule has 2 aromatic carbocycles. The smallest absolute Gasteiger partial charge is 0.308 e. The molecule has 25 heteroatoms. The number of aryl methyl sites for hydroxylation is 3. The Labute approximate surface area is 482 Å². The van der Waals surface area contributed by atoms with E-state index in [0.29, 0.717) is 144 Å². The zero-order valence-corrected chi connectivity index (χ0v) is 48.8. The van der Waals surface area contributed by atoms with Crippen LogP contribution in [-0.4, -0.2) is 171 Å². The van der Waals surface area contributed by atoms with E-state index in [1.807, 2.05) is 66.3 Å². The number of hydrogen-bond acceptors (Lipinski definition) is 19. The van der Waals surface area contributed by atoms with Crippen molar-refractivity contribution < 1.29 is 52.3 Å². The number of amides is 2. The summed E-state index contributed by atoms with van der Waals surface area (Å²) >= 11 is 15.4. The van der Waals surface area contributed by atoms with E-state index in [1.165, 1.54) is 23.3 Å². The number of methoxy groups -OCH3 is 1. The van der Waals surface area contributed by atoms with Crippen LogP contribution in [0.1, 0.15) is 96.2 Å². The maximum Gasteiger partial charge on any atom is 0.308 e. The van der Waals surface area contributed by atoms with Gasteiger partial charge in [0.2, 0.25) is 5.91 Å². The topological polar surface area (TPSA) is 235 Å². The molecular weight excluding hydrogens is 1110 g/mol. The fraction of sp³-hybridized carbons (Fsp3) is 0.473. The van der Waals surface area contributed by atoms with Crippen LogP contribution in [0.5, 0.6) is 0 Å². The predicted molar refractivity (Wildman–Crippen MR) is 304 cm³/mol. The van der Waals surface area contributed by atoms with Gasteiger partial charge in [0.1, 0.15) is 33.7 Å². The zero-order valence-electron chi connectivity index (χ0n) is 45.6. The Morgan fingerprint density at radius 2 is 0.925 bits per heavy atom. The molecule has 6 aromatic rings. The molecule has 8 rings (SSSR count). The summed E-state index contributed by atoms with van der Waals surface area (Å²) in [4.78, 5) is 51.2. The standard InChI is InChI=1S/C55H66Cl2N10O11S2/c1-33-35(3)79-54-46(33)48(38-7-11-40(56)12-8-38)60-42(51-64-62-36(4)66(51)54)31-44(68)58-15-17-72-19-21-74-23-25-76-27-29-78-30-28-77-26-24-75-22-20-73-18-16-59-53(70)50-34(2)47-49(39-9-13-41(57)14-10-39)61-43(32-45(69)71-6)52-65-63-37(5)67(52)55(47)80-50/h7-14,42-43H,15-32H2,1-6H3,(H,58,68)(H,59,70). The van der Waals surface area contributed by atoms with Crippen LogP contribution in [0.4, 0.5) is 0 Å². The lowest BCUT2D eigenvalue weighted by molar-refractivity contribution is -0.141.